The maximum atomic E-state index is 3.94. The first kappa shape index (κ1) is 11.7. The molecule has 0 heterocycles. The number of hydrogen-bond acceptors (Lipinski definition) is 1. The SMILES string of the molecule is C=C(CC)CNCCC(C)(C)C. The molecule has 1 nitrogen and oxygen atoms in total. The predicted molar refractivity (Wildman–Crippen MR) is 56.4 cm³/mol. The van der Waals surface area contributed by atoms with Crippen LogP contribution in [-0.4, -0.2) is 13.1 Å². The molecule has 0 amide bonds. The summed E-state index contributed by atoms with van der Waals surface area (Å²) in [7, 11) is 0. The van der Waals surface area contributed by atoms with Crippen LogP contribution in [0.1, 0.15) is 40.5 Å². The van der Waals surface area contributed by atoms with Crippen LogP contribution in [0.4, 0.5) is 0 Å². The summed E-state index contributed by atoms with van der Waals surface area (Å²) >= 11 is 0. The van der Waals surface area contributed by atoms with Gasteiger partial charge in [-0.1, -0.05) is 39.8 Å². The maximum Gasteiger partial charge on any atom is 0.0161 e. The highest BCUT2D eigenvalue weighted by Crippen LogP contribution is 2.16. The molecule has 1 heteroatoms. The third-order valence-corrected chi connectivity index (χ3v) is 1.93. The summed E-state index contributed by atoms with van der Waals surface area (Å²) in [5.74, 6) is 0. The van der Waals surface area contributed by atoms with Gasteiger partial charge in [-0.2, -0.15) is 0 Å². The first-order valence-electron chi connectivity index (χ1n) is 4.83. The van der Waals surface area contributed by atoms with E-state index in [1.165, 1.54) is 12.0 Å². The van der Waals surface area contributed by atoms with Gasteiger partial charge in [-0.3, -0.25) is 0 Å². The second-order valence-electron chi connectivity index (χ2n) is 4.59. The summed E-state index contributed by atoms with van der Waals surface area (Å²) in [6.45, 7) is 15.0. The van der Waals surface area contributed by atoms with Crippen molar-refractivity contribution >= 4 is 0 Å². The Kier molecular flexibility index (Phi) is 5.23. The van der Waals surface area contributed by atoms with Gasteiger partial charge in [0.05, 0.1) is 0 Å². The van der Waals surface area contributed by atoms with Crippen molar-refractivity contribution in [3.05, 3.63) is 12.2 Å². The number of nitrogens with one attached hydrogen (secondary N) is 1. The zero-order chi connectivity index (χ0) is 9.61. The standard InChI is InChI=1S/C11H23N/c1-6-10(2)9-12-8-7-11(3,4)5/h12H,2,6-9H2,1,3-5H3. The van der Waals surface area contributed by atoms with E-state index in [1.54, 1.807) is 0 Å². The summed E-state index contributed by atoms with van der Waals surface area (Å²) in [4.78, 5) is 0. The second-order valence-corrected chi connectivity index (χ2v) is 4.59. The number of hydrogen-bond donors (Lipinski definition) is 1. The largest absolute Gasteiger partial charge is 0.313 e. The molecule has 0 aromatic heterocycles. The fourth-order valence-corrected chi connectivity index (χ4v) is 0.854. The molecule has 0 fully saturated rings. The van der Waals surface area contributed by atoms with Crippen LogP contribution >= 0.6 is 0 Å². The van der Waals surface area contributed by atoms with Crippen molar-refractivity contribution in [2.24, 2.45) is 5.41 Å². The zero-order valence-electron chi connectivity index (χ0n) is 9.04. The molecule has 0 atom stereocenters. The molecule has 0 aliphatic heterocycles. The van der Waals surface area contributed by atoms with Gasteiger partial charge in [0.2, 0.25) is 0 Å². The van der Waals surface area contributed by atoms with Crippen LogP contribution in [0.5, 0.6) is 0 Å². The Morgan fingerprint density at radius 1 is 1.33 bits per heavy atom. The Balaban J connectivity index is 3.28. The van der Waals surface area contributed by atoms with Crippen molar-refractivity contribution in [3.63, 3.8) is 0 Å². The van der Waals surface area contributed by atoms with E-state index in [-0.39, 0.29) is 0 Å². The van der Waals surface area contributed by atoms with Crippen molar-refractivity contribution in [3.8, 4) is 0 Å². The molecule has 0 saturated carbocycles. The molecule has 0 aromatic carbocycles. The predicted octanol–water partition coefficient (Wildman–Crippen LogP) is 2.98. The first-order valence-corrected chi connectivity index (χ1v) is 4.83. The van der Waals surface area contributed by atoms with Gasteiger partial charge in [-0.15, -0.1) is 0 Å². The third kappa shape index (κ3) is 7.80. The molecule has 1 N–H and O–H groups in total. The van der Waals surface area contributed by atoms with E-state index in [0.717, 1.165) is 19.5 Å². The Morgan fingerprint density at radius 2 is 1.92 bits per heavy atom. The lowest BCUT2D eigenvalue weighted by atomic mass is 9.92. The lowest BCUT2D eigenvalue weighted by molar-refractivity contribution is 0.369. The molecule has 0 saturated heterocycles. The van der Waals surface area contributed by atoms with Crippen molar-refractivity contribution < 1.29 is 0 Å². The molecule has 0 radical (unpaired) electrons. The van der Waals surface area contributed by atoms with Crippen LogP contribution in [-0.2, 0) is 0 Å². The lowest BCUT2D eigenvalue weighted by Crippen LogP contribution is -2.22. The molecule has 0 spiro atoms. The molecule has 0 bridgehead atoms. The van der Waals surface area contributed by atoms with E-state index < -0.39 is 0 Å². The molecular weight excluding hydrogens is 146 g/mol. The van der Waals surface area contributed by atoms with Gasteiger partial charge in [-0.25, -0.2) is 0 Å². The van der Waals surface area contributed by atoms with Gasteiger partial charge < -0.3 is 5.32 Å². The van der Waals surface area contributed by atoms with Gasteiger partial charge >= 0.3 is 0 Å². The van der Waals surface area contributed by atoms with E-state index in [4.69, 9.17) is 0 Å². The van der Waals surface area contributed by atoms with Crippen LogP contribution in [0.25, 0.3) is 0 Å². The van der Waals surface area contributed by atoms with Crippen LogP contribution in [0.2, 0.25) is 0 Å². The van der Waals surface area contributed by atoms with Crippen molar-refractivity contribution in [1.82, 2.24) is 5.32 Å². The van der Waals surface area contributed by atoms with Crippen molar-refractivity contribution in [1.29, 1.82) is 0 Å². The molecule has 0 aliphatic carbocycles. The Morgan fingerprint density at radius 3 is 2.33 bits per heavy atom. The van der Waals surface area contributed by atoms with Crippen molar-refractivity contribution in [2.45, 2.75) is 40.5 Å². The Labute approximate surface area is 77.2 Å². The minimum absolute atomic E-state index is 0.445. The average molecular weight is 169 g/mol. The third-order valence-electron chi connectivity index (χ3n) is 1.93. The fourth-order valence-electron chi connectivity index (χ4n) is 0.854. The fraction of sp³-hybridized carbons (Fsp3) is 0.818. The van der Waals surface area contributed by atoms with Gasteiger partial charge in [0, 0.05) is 6.54 Å². The number of rotatable bonds is 5. The van der Waals surface area contributed by atoms with Gasteiger partial charge in [0.15, 0.2) is 0 Å². The topological polar surface area (TPSA) is 12.0 Å². The van der Waals surface area contributed by atoms with Gasteiger partial charge in [0.25, 0.3) is 0 Å². The zero-order valence-corrected chi connectivity index (χ0v) is 9.04. The summed E-state index contributed by atoms with van der Waals surface area (Å²) in [5, 5.41) is 3.39. The molecule has 72 valence electrons. The summed E-state index contributed by atoms with van der Waals surface area (Å²) in [6.07, 6.45) is 2.31. The van der Waals surface area contributed by atoms with Crippen molar-refractivity contribution in [2.75, 3.05) is 13.1 Å². The summed E-state index contributed by atoms with van der Waals surface area (Å²) < 4.78 is 0. The highest BCUT2D eigenvalue weighted by molar-refractivity contribution is 4.94. The smallest absolute Gasteiger partial charge is 0.0161 e. The molecule has 0 aromatic rings. The molecule has 0 aliphatic rings. The molecule has 0 unspecified atom stereocenters. The highest BCUT2D eigenvalue weighted by Gasteiger charge is 2.08. The highest BCUT2D eigenvalue weighted by atomic mass is 14.8. The first-order chi connectivity index (χ1) is 5.45. The summed E-state index contributed by atoms with van der Waals surface area (Å²) in [6, 6.07) is 0. The molecule has 0 rings (SSSR count). The van der Waals surface area contributed by atoms with Crippen LogP contribution in [0, 0.1) is 5.41 Å². The van der Waals surface area contributed by atoms with E-state index in [0.29, 0.717) is 5.41 Å². The van der Waals surface area contributed by atoms with Gasteiger partial charge in [-0.05, 0) is 24.8 Å². The van der Waals surface area contributed by atoms with E-state index in [9.17, 15) is 0 Å². The van der Waals surface area contributed by atoms with Crippen LogP contribution < -0.4 is 5.32 Å². The lowest BCUT2D eigenvalue weighted by Gasteiger charge is -2.18. The summed E-state index contributed by atoms with van der Waals surface area (Å²) in [5.41, 5.74) is 1.74. The minimum atomic E-state index is 0.445. The molecule has 12 heavy (non-hydrogen) atoms. The van der Waals surface area contributed by atoms with E-state index in [1.807, 2.05) is 0 Å². The quantitative estimate of drug-likeness (QED) is 0.493. The normalized spacial score (nSPS) is 11.7. The second kappa shape index (κ2) is 5.36. The monoisotopic (exact) mass is 169 g/mol. The Bertz CT molecular complexity index is 130. The molecular formula is C11H23N. The average Bonchev–Trinajstić information content (AvgIpc) is 1.96. The Hall–Kier alpha value is -0.300. The van der Waals surface area contributed by atoms with Gasteiger partial charge in [0.1, 0.15) is 0 Å². The van der Waals surface area contributed by atoms with E-state index in [2.05, 4.69) is 39.6 Å². The maximum absolute atomic E-state index is 3.94. The van der Waals surface area contributed by atoms with Crippen LogP contribution in [0.3, 0.4) is 0 Å². The minimum Gasteiger partial charge on any atom is -0.313 e. The van der Waals surface area contributed by atoms with E-state index >= 15 is 0 Å². The van der Waals surface area contributed by atoms with Crippen LogP contribution in [0.15, 0.2) is 12.2 Å².